The van der Waals surface area contributed by atoms with Gasteiger partial charge in [-0.25, -0.2) is 0 Å². The van der Waals surface area contributed by atoms with E-state index < -0.39 is 0 Å². The van der Waals surface area contributed by atoms with Gasteiger partial charge in [0.15, 0.2) is 0 Å². The summed E-state index contributed by atoms with van der Waals surface area (Å²) in [5, 5.41) is 2.98. The minimum atomic E-state index is 0.0535. The van der Waals surface area contributed by atoms with Crippen molar-refractivity contribution in [1.29, 1.82) is 0 Å². The quantitative estimate of drug-likeness (QED) is 0.799. The normalized spacial score (nSPS) is 10.4. The van der Waals surface area contributed by atoms with E-state index in [4.69, 9.17) is 0 Å². The van der Waals surface area contributed by atoms with E-state index in [1.54, 1.807) is 11.3 Å². The Bertz CT molecular complexity index is 519. The number of rotatable bonds is 6. The Morgan fingerprint density at radius 3 is 2.63 bits per heavy atom. The largest absolute Gasteiger partial charge is 0.351 e. The van der Waals surface area contributed by atoms with Gasteiger partial charge in [0.25, 0.3) is 5.91 Å². The van der Waals surface area contributed by atoms with Gasteiger partial charge in [0.2, 0.25) is 0 Å². The van der Waals surface area contributed by atoms with Gasteiger partial charge in [-0.15, -0.1) is 11.3 Å². The fraction of sp³-hybridized carbons (Fsp3) is 0.312. The SMILES string of the molecule is CCc1ccc(C(=O)NCCCc2ccccc2)s1. The van der Waals surface area contributed by atoms with Gasteiger partial charge < -0.3 is 5.32 Å². The van der Waals surface area contributed by atoms with Gasteiger partial charge in [-0.3, -0.25) is 4.79 Å². The lowest BCUT2D eigenvalue weighted by Gasteiger charge is -2.03. The Morgan fingerprint density at radius 1 is 1.16 bits per heavy atom. The van der Waals surface area contributed by atoms with Crippen LogP contribution >= 0.6 is 11.3 Å². The zero-order valence-electron chi connectivity index (χ0n) is 11.2. The Hall–Kier alpha value is -1.61. The van der Waals surface area contributed by atoms with Gasteiger partial charge in [-0.05, 0) is 37.0 Å². The second-order valence-electron chi connectivity index (χ2n) is 4.46. The summed E-state index contributed by atoms with van der Waals surface area (Å²) in [6.07, 6.45) is 2.97. The average Bonchev–Trinajstić information content (AvgIpc) is 2.93. The average molecular weight is 273 g/mol. The summed E-state index contributed by atoms with van der Waals surface area (Å²) < 4.78 is 0. The predicted octanol–water partition coefficient (Wildman–Crippen LogP) is 3.67. The van der Waals surface area contributed by atoms with Crippen molar-refractivity contribution in [3.8, 4) is 0 Å². The van der Waals surface area contributed by atoms with Gasteiger partial charge in [0.05, 0.1) is 4.88 Å². The smallest absolute Gasteiger partial charge is 0.261 e. The summed E-state index contributed by atoms with van der Waals surface area (Å²) in [7, 11) is 0. The molecule has 3 heteroatoms. The number of amides is 1. The Kier molecular flexibility index (Phi) is 5.16. The van der Waals surface area contributed by atoms with Crippen LogP contribution in [0, 0.1) is 0 Å². The van der Waals surface area contributed by atoms with Crippen molar-refractivity contribution in [2.45, 2.75) is 26.2 Å². The zero-order valence-corrected chi connectivity index (χ0v) is 12.0. The summed E-state index contributed by atoms with van der Waals surface area (Å²) in [6.45, 7) is 2.83. The van der Waals surface area contributed by atoms with E-state index in [2.05, 4.69) is 24.4 Å². The molecule has 2 rings (SSSR count). The highest BCUT2D eigenvalue weighted by atomic mass is 32.1. The van der Waals surface area contributed by atoms with Gasteiger partial charge in [0.1, 0.15) is 0 Å². The van der Waals surface area contributed by atoms with Crippen LogP contribution in [0.2, 0.25) is 0 Å². The van der Waals surface area contributed by atoms with Crippen LogP contribution < -0.4 is 5.32 Å². The van der Waals surface area contributed by atoms with Crippen molar-refractivity contribution in [1.82, 2.24) is 5.32 Å². The minimum absolute atomic E-state index is 0.0535. The first-order valence-electron chi connectivity index (χ1n) is 6.70. The van der Waals surface area contributed by atoms with Gasteiger partial charge in [-0.2, -0.15) is 0 Å². The third-order valence-electron chi connectivity index (χ3n) is 3.00. The van der Waals surface area contributed by atoms with Crippen LogP contribution in [-0.2, 0) is 12.8 Å². The van der Waals surface area contributed by atoms with Crippen molar-refractivity contribution < 1.29 is 4.79 Å². The fourth-order valence-corrected chi connectivity index (χ4v) is 2.78. The number of carbonyl (C=O) groups is 1. The first-order valence-corrected chi connectivity index (χ1v) is 7.52. The molecule has 0 unspecified atom stereocenters. The minimum Gasteiger partial charge on any atom is -0.351 e. The molecule has 0 bridgehead atoms. The van der Waals surface area contributed by atoms with Crippen molar-refractivity contribution >= 4 is 17.2 Å². The second-order valence-corrected chi connectivity index (χ2v) is 5.63. The molecule has 1 amide bonds. The lowest BCUT2D eigenvalue weighted by molar-refractivity contribution is 0.0957. The fourth-order valence-electron chi connectivity index (χ4n) is 1.92. The summed E-state index contributed by atoms with van der Waals surface area (Å²) in [6, 6.07) is 14.3. The molecule has 0 radical (unpaired) electrons. The van der Waals surface area contributed by atoms with Crippen LogP contribution in [0.3, 0.4) is 0 Å². The van der Waals surface area contributed by atoms with E-state index in [9.17, 15) is 4.79 Å². The first kappa shape index (κ1) is 13.8. The van der Waals surface area contributed by atoms with Gasteiger partial charge in [0, 0.05) is 11.4 Å². The van der Waals surface area contributed by atoms with E-state index in [0.717, 1.165) is 30.7 Å². The molecule has 0 saturated heterocycles. The highest BCUT2D eigenvalue weighted by Crippen LogP contribution is 2.16. The molecule has 0 fully saturated rings. The molecule has 0 atom stereocenters. The van der Waals surface area contributed by atoms with Crippen LogP contribution in [0.5, 0.6) is 0 Å². The molecule has 1 aromatic carbocycles. The molecule has 1 N–H and O–H groups in total. The second kappa shape index (κ2) is 7.10. The molecule has 0 aliphatic heterocycles. The van der Waals surface area contributed by atoms with Crippen molar-refractivity contribution in [2.24, 2.45) is 0 Å². The molecular formula is C16H19NOS. The molecule has 0 aliphatic carbocycles. The summed E-state index contributed by atoms with van der Waals surface area (Å²) in [5.74, 6) is 0.0535. The molecular weight excluding hydrogens is 254 g/mol. The van der Waals surface area contributed by atoms with Crippen molar-refractivity contribution in [3.63, 3.8) is 0 Å². The molecule has 2 nitrogen and oxygen atoms in total. The van der Waals surface area contributed by atoms with E-state index in [1.165, 1.54) is 10.4 Å². The first-order chi connectivity index (χ1) is 9.29. The Balaban J connectivity index is 1.72. The molecule has 100 valence electrons. The molecule has 1 heterocycles. The van der Waals surface area contributed by atoms with Crippen LogP contribution in [0.1, 0.15) is 33.5 Å². The molecule has 1 aromatic heterocycles. The van der Waals surface area contributed by atoms with Gasteiger partial charge >= 0.3 is 0 Å². The van der Waals surface area contributed by atoms with Crippen molar-refractivity contribution in [3.05, 3.63) is 57.8 Å². The Labute approximate surface area is 118 Å². The van der Waals surface area contributed by atoms with E-state index >= 15 is 0 Å². The number of benzene rings is 1. The van der Waals surface area contributed by atoms with E-state index in [1.807, 2.05) is 30.3 Å². The maximum Gasteiger partial charge on any atom is 0.261 e. The highest BCUT2D eigenvalue weighted by molar-refractivity contribution is 7.14. The number of nitrogens with one attached hydrogen (secondary N) is 1. The summed E-state index contributed by atoms with van der Waals surface area (Å²) >= 11 is 1.58. The third kappa shape index (κ3) is 4.21. The molecule has 19 heavy (non-hydrogen) atoms. The number of hydrogen-bond acceptors (Lipinski definition) is 2. The van der Waals surface area contributed by atoms with E-state index in [-0.39, 0.29) is 5.91 Å². The summed E-state index contributed by atoms with van der Waals surface area (Å²) in [4.78, 5) is 14.0. The predicted molar refractivity (Wildman–Crippen MR) is 80.8 cm³/mol. The Morgan fingerprint density at radius 2 is 1.95 bits per heavy atom. The lowest BCUT2D eigenvalue weighted by Crippen LogP contribution is -2.23. The van der Waals surface area contributed by atoms with E-state index in [0.29, 0.717) is 0 Å². The third-order valence-corrected chi connectivity index (χ3v) is 4.23. The monoisotopic (exact) mass is 273 g/mol. The zero-order chi connectivity index (χ0) is 13.5. The standard InChI is InChI=1S/C16H19NOS/c1-2-14-10-11-15(19-14)16(18)17-12-6-9-13-7-4-3-5-8-13/h3-5,7-8,10-11H,2,6,9,12H2,1H3,(H,17,18). The molecule has 0 saturated carbocycles. The number of hydrogen-bond donors (Lipinski definition) is 1. The van der Waals surface area contributed by atoms with Gasteiger partial charge in [-0.1, -0.05) is 37.3 Å². The molecule has 2 aromatic rings. The maximum absolute atomic E-state index is 11.9. The van der Waals surface area contributed by atoms with Crippen LogP contribution in [0.4, 0.5) is 0 Å². The highest BCUT2D eigenvalue weighted by Gasteiger charge is 2.07. The maximum atomic E-state index is 11.9. The molecule has 0 aliphatic rings. The number of aryl methyl sites for hydroxylation is 2. The van der Waals surface area contributed by atoms with Crippen LogP contribution in [0.25, 0.3) is 0 Å². The molecule has 0 spiro atoms. The topological polar surface area (TPSA) is 29.1 Å². The van der Waals surface area contributed by atoms with Crippen LogP contribution in [0.15, 0.2) is 42.5 Å². The summed E-state index contributed by atoms with van der Waals surface area (Å²) in [5.41, 5.74) is 1.32. The number of thiophene rings is 1. The van der Waals surface area contributed by atoms with Crippen molar-refractivity contribution in [2.75, 3.05) is 6.54 Å². The van der Waals surface area contributed by atoms with Crippen LogP contribution in [-0.4, -0.2) is 12.5 Å². The number of carbonyl (C=O) groups excluding carboxylic acids is 1. The lowest BCUT2D eigenvalue weighted by atomic mass is 10.1.